The lowest BCUT2D eigenvalue weighted by Gasteiger charge is -2.40. The van der Waals surface area contributed by atoms with E-state index in [4.69, 9.17) is 18.4 Å². The SMILES string of the molecule is CS(=O)(=O)O[C@H]1[C@@H](OC(c2ccccc2)(c2ccccc2)c2ccccc2)[C@H](n2cc(F)c(=O)[nH]c2=O)O[C@@H]1COC(c1ccccc1)(c1ccccc1)c1ccccc1. The van der Waals surface area contributed by atoms with Gasteiger partial charge in [-0.1, -0.05) is 182 Å². The van der Waals surface area contributed by atoms with E-state index in [-0.39, 0.29) is 6.61 Å². The molecule has 8 rings (SSSR count). The van der Waals surface area contributed by atoms with Gasteiger partial charge in [-0.25, -0.2) is 4.79 Å². The molecule has 1 fully saturated rings. The molecule has 0 saturated carbocycles. The number of rotatable bonds is 14. The number of hydrogen-bond acceptors (Lipinski definition) is 8. The average Bonchev–Trinajstić information content (AvgIpc) is 3.60. The molecule has 1 N–H and O–H groups in total. The summed E-state index contributed by atoms with van der Waals surface area (Å²) in [4.78, 5) is 28.1. The van der Waals surface area contributed by atoms with E-state index in [1.165, 1.54) is 0 Å². The lowest BCUT2D eigenvalue weighted by molar-refractivity contribution is -0.123. The predicted molar refractivity (Wildman–Crippen MR) is 224 cm³/mol. The zero-order valence-electron chi connectivity index (χ0n) is 32.4. The third-order valence-corrected chi connectivity index (χ3v) is 11.2. The number of aromatic nitrogens is 2. The smallest absolute Gasteiger partial charge is 0.330 e. The van der Waals surface area contributed by atoms with E-state index in [1.807, 2.05) is 187 Å². The number of nitrogens with zero attached hydrogens (tertiary/aromatic N) is 1. The summed E-state index contributed by atoms with van der Waals surface area (Å²) in [6.45, 7) is -0.329. The van der Waals surface area contributed by atoms with Gasteiger partial charge in [-0.15, -0.1) is 0 Å². The zero-order chi connectivity index (χ0) is 41.7. The number of nitrogens with one attached hydrogen (secondary N) is 1. The Balaban J connectivity index is 1.34. The highest BCUT2D eigenvalue weighted by molar-refractivity contribution is 7.86. The van der Waals surface area contributed by atoms with Crippen LogP contribution in [0.15, 0.2) is 198 Å². The summed E-state index contributed by atoms with van der Waals surface area (Å²) in [7, 11) is -4.30. The molecule has 0 radical (unpaired) electrons. The maximum absolute atomic E-state index is 15.3. The van der Waals surface area contributed by atoms with Gasteiger partial charge >= 0.3 is 5.69 Å². The first-order valence-corrected chi connectivity index (χ1v) is 21.1. The minimum absolute atomic E-state index is 0.329. The van der Waals surface area contributed by atoms with Gasteiger partial charge in [0.25, 0.3) is 15.7 Å². The predicted octanol–water partition coefficient (Wildman–Crippen LogP) is 7.30. The van der Waals surface area contributed by atoms with Gasteiger partial charge in [0.1, 0.15) is 29.5 Å². The number of hydrogen-bond donors (Lipinski definition) is 1. The Kier molecular flexibility index (Phi) is 11.6. The summed E-state index contributed by atoms with van der Waals surface area (Å²) < 4.78 is 70.0. The fourth-order valence-corrected chi connectivity index (χ4v) is 8.70. The number of H-pyrrole nitrogens is 1. The van der Waals surface area contributed by atoms with Crippen molar-refractivity contribution in [2.24, 2.45) is 0 Å². The number of halogens is 1. The van der Waals surface area contributed by atoms with Gasteiger partial charge in [0.15, 0.2) is 6.23 Å². The van der Waals surface area contributed by atoms with Gasteiger partial charge in [0.05, 0.1) is 19.1 Å². The van der Waals surface area contributed by atoms with E-state index >= 15 is 4.39 Å². The molecule has 7 aromatic rings. The second kappa shape index (κ2) is 17.1. The third-order valence-electron chi connectivity index (χ3n) is 10.6. The molecule has 1 aromatic heterocycles. The van der Waals surface area contributed by atoms with Gasteiger partial charge in [0.2, 0.25) is 5.82 Å². The van der Waals surface area contributed by atoms with Crippen molar-refractivity contribution in [1.29, 1.82) is 0 Å². The van der Waals surface area contributed by atoms with Gasteiger partial charge < -0.3 is 14.2 Å². The van der Waals surface area contributed by atoms with E-state index in [1.54, 1.807) is 0 Å². The van der Waals surface area contributed by atoms with Gasteiger partial charge in [-0.3, -0.25) is 18.5 Å². The van der Waals surface area contributed by atoms with E-state index in [0.717, 1.165) is 33.7 Å². The molecule has 1 saturated heterocycles. The highest BCUT2D eigenvalue weighted by Crippen LogP contribution is 2.47. The van der Waals surface area contributed by atoms with Crippen molar-refractivity contribution in [2.45, 2.75) is 35.7 Å². The minimum Gasteiger partial charge on any atom is -0.358 e. The number of aromatic amines is 1. The molecular formula is C48H41FN2O8S. The maximum Gasteiger partial charge on any atom is 0.330 e. The van der Waals surface area contributed by atoms with Crippen LogP contribution in [0.4, 0.5) is 4.39 Å². The van der Waals surface area contributed by atoms with E-state index < -0.39 is 62.9 Å². The Morgan fingerprint density at radius 3 is 1.33 bits per heavy atom. The summed E-state index contributed by atoms with van der Waals surface area (Å²) in [6, 6.07) is 56.6. The molecule has 10 nitrogen and oxygen atoms in total. The normalized spacial score (nSPS) is 18.3. The lowest BCUT2D eigenvalue weighted by Crippen LogP contribution is -2.47. The molecule has 304 valence electrons. The van der Waals surface area contributed by atoms with Crippen LogP contribution in [-0.4, -0.2) is 49.1 Å². The number of ether oxygens (including phenoxy) is 3. The van der Waals surface area contributed by atoms with E-state index in [0.29, 0.717) is 16.7 Å². The van der Waals surface area contributed by atoms with Crippen LogP contribution < -0.4 is 11.2 Å². The average molecular weight is 825 g/mol. The Labute approximate surface area is 346 Å². The summed E-state index contributed by atoms with van der Waals surface area (Å²) >= 11 is 0. The first-order chi connectivity index (χ1) is 29.1. The van der Waals surface area contributed by atoms with Crippen molar-refractivity contribution >= 4 is 10.1 Å². The van der Waals surface area contributed by atoms with Crippen molar-refractivity contribution in [3.05, 3.63) is 248 Å². The van der Waals surface area contributed by atoms with Crippen molar-refractivity contribution in [2.75, 3.05) is 12.9 Å². The van der Waals surface area contributed by atoms with Crippen molar-refractivity contribution < 1.29 is 31.2 Å². The minimum atomic E-state index is -4.30. The maximum atomic E-state index is 15.3. The molecule has 0 aliphatic carbocycles. The monoisotopic (exact) mass is 824 g/mol. The van der Waals surface area contributed by atoms with E-state index in [2.05, 4.69) is 0 Å². The molecule has 2 heterocycles. The zero-order valence-corrected chi connectivity index (χ0v) is 33.2. The molecule has 0 spiro atoms. The molecule has 0 unspecified atom stereocenters. The molecule has 0 bridgehead atoms. The Morgan fingerprint density at radius 2 is 0.967 bits per heavy atom. The lowest BCUT2D eigenvalue weighted by atomic mass is 9.79. The molecule has 1 aliphatic heterocycles. The van der Waals surface area contributed by atoms with Gasteiger partial charge in [-0.05, 0) is 33.4 Å². The second-order valence-electron chi connectivity index (χ2n) is 14.4. The van der Waals surface area contributed by atoms with Crippen molar-refractivity contribution in [3.8, 4) is 0 Å². The summed E-state index contributed by atoms with van der Waals surface area (Å²) in [5, 5.41) is 0. The fraction of sp³-hybridized carbons (Fsp3) is 0.167. The van der Waals surface area contributed by atoms with Crippen LogP contribution in [0.3, 0.4) is 0 Å². The van der Waals surface area contributed by atoms with Gasteiger partial charge in [-0.2, -0.15) is 12.8 Å². The molecule has 12 heteroatoms. The number of benzene rings is 6. The van der Waals surface area contributed by atoms with Crippen LogP contribution in [0.25, 0.3) is 0 Å². The third kappa shape index (κ3) is 7.91. The Bertz CT molecular complexity index is 2550. The molecule has 4 atom stereocenters. The van der Waals surface area contributed by atoms with Crippen LogP contribution in [0.5, 0.6) is 0 Å². The fourth-order valence-electron chi connectivity index (χ4n) is 8.06. The van der Waals surface area contributed by atoms with Crippen LogP contribution in [0.1, 0.15) is 39.6 Å². The first kappa shape index (κ1) is 40.5. The second-order valence-corrected chi connectivity index (χ2v) is 16.0. The van der Waals surface area contributed by atoms with Gasteiger partial charge in [0, 0.05) is 0 Å². The van der Waals surface area contributed by atoms with Crippen LogP contribution in [0, 0.1) is 5.82 Å². The van der Waals surface area contributed by atoms with Crippen LogP contribution >= 0.6 is 0 Å². The van der Waals surface area contributed by atoms with Crippen molar-refractivity contribution in [3.63, 3.8) is 0 Å². The summed E-state index contributed by atoms with van der Waals surface area (Å²) in [6.07, 6.45) is -4.23. The molecule has 0 amide bonds. The Morgan fingerprint density at radius 1 is 0.600 bits per heavy atom. The standard InChI is InChI=1S/C48H41FN2O8S/c1-60(54,55)59-42-41(33-56-47(34-20-8-2-9-21-34,35-22-10-3-11-23-35)36-24-12-4-13-25-36)57-45(51-32-40(49)44(52)50-46(51)53)43(42)58-48(37-26-14-5-15-27-37,38-28-16-6-17-29-38)39-30-18-7-19-31-39/h2-32,41-43,45H,33H2,1H3,(H,50,52,53)/t41-,42-,43-,45-/m1/s1. The van der Waals surface area contributed by atoms with Crippen LogP contribution in [0.2, 0.25) is 0 Å². The quantitative estimate of drug-likeness (QED) is 0.0895. The largest absolute Gasteiger partial charge is 0.358 e. The molecule has 1 aliphatic rings. The molecular weight excluding hydrogens is 784 g/mol. The Hall–Kier alpha value is -6.28. The van der Waals surface area contributed by atoms with E-state index in [9.17, 15) is 18.0 Å². The topological polar surface area (TPSA) is 126 Å². The highest BCUT2D eigenvalue weighted by atomic mass is 32.2. The van der Waals surface area contributed by atoms with Crippen LogP contribution in [-0.2, 0) is 39.7 Å². The first-order valence-electron chi connectivity index (χ1n) is 19.3. The highest BCUT2D eigenvalue weighted by Gasteiger charge is 2.55. The summed E-state index contributed by atoms with van der Waals surface area (Å²) in [5.74, 6) is -1.27. The molecule has 6 aromatic carbocycles. The van der Waals surface area contributed by atoms with Crippen molar-refractivity contribution in [1.82, 2.24) is 9.55 Å². The summed E-state index contributed by atoms with van der Waals surface area (Å²) in [5.41, 5.74) is -0.795. The molecule has 60 heavy (non-hydrogen) atoms.